The molecule has 3 N–H and O–H groups in total. The lowest BCUT2D eigenvalue weighted by Gasteiger charge is -2.35. The van der Waals surface area contributed by atoms with Crippen LogP contribution < -0.4 is 18.9 Å². The second kappa shape index (κ2) is 7.92. The number of benzene rings is 2. The Morgan fingerprint density at radius 2 is 1.67 bits per heavy atom. The molecule has 2 aromatic rings. The fourth-order valence-electron chi connectivity index (χ4n) is 4.16. The molecule has 0 saturated carbocycles. The average Bonchev–Trinajstić information content (AvgIpc) is 3.20. The smallest absolute Gasteiger partial charge is 0.312 e. The van der Waals surface area contributed by atoms with Crippen LogP contribution in [0.4, 0.5) is 0 Å². The van der Waals surface area contributed by atoms with Gasteiger partial charge in [0.1, 0.15) is 0 Å². The fourth-order valence-corrected chi connectivity index (χ4v) is 4.16. The van der Waals surface area contributed by atoms with E-state index in [-0.39, 0.29) is 30.5 Å². The maximum Gasteiger partial charge on any atom is 0.312 e. The predicted octanol–water partition coefficient (Wildman–Crippen LogP) is 1.82. The molecule has 3 atom stereocenters. The molecule has 2 aliphatic rings. The second-order valence-corrected chi connectivity index (χ2v) is 7.04. The van der Waals surface area contributed by atoms with Gasteiger partial charge in [-0.1, -0.05) is 0 Å². The lowest BCUT2D eigenvalue weighted by Crippen LogP contribution is -2.32. The first kappa shape index (κ1) is 20.1. The molecule has 0 bridgehead atoms. The number of ether oxygens (including phenoxy) is 5. The molecule has 0 saturated heterocycles. The zero-order chi connectivity index (χ0) is 21.4. The summed E-state index contributed by atoms with van der Waals surface area (Å²) in [6.07, 6.45) is -0.871. The van der Waals surface area contributed by atoms with Crippen molar-refractivity contribution >= 4 is 5.97 Å². The molecule has 160 valence electrons. The van der Waals surface area contributed by atoms with Gasteiger partial charge in [0.05, 0.1) is 26.2 Å². The van der Waals surface area contributed by atoms with E-state index in [4.69, 9.17) is 28.8 Å². The van der Waals surface area contributed by atoms with E-state index in [2.05, 4.69) is 0 Å². The average molecular weight is 418 g/mol. The van der Waals surface area contributed by atoms with Gasteiger partial charge >= 0.3 is 5.97 Å². The van der Waals surface area contributed by atoms with Crippen LogP contribution >= 0.6 is 0 Å². The molecule has 4 rings (SSSR count). The minimum atomic E-state index is -0.942. The van der Waals surface area contributed by atoms with Crippen LogP contribution in [0.2, 0.25) is 0 Å². The molecule has 2 aromatic carbocycles. The van der Waals surface area contributed by atoms with E-state index >= 15 is 0 Å². The SMILES string of the molecule is COc1cc([C@@H]2c3cc4c(cc3[C@H](O)C[C@@H]2C(=O)OCO)OCO4)cc(OC)c1O. The highest BCUT2D eigenvalue weighted by Gasteiger charge is 2.42. The molecule has 30 heavy (non-hydrogen) atoms. The Labute approximate surface area is 172 Å². The fraction of sp³-hybridized carbons (Fsp3) is 0.381. The van der Waals surface area contributed by atoms with Gasteiger partial charge in [-0.15, -0.1) is 0 Å². The summed E-state index contributed by atoms with van der Waals surface area (Å²) in [5, 5.41) is 30.1. The zero-order valence-electron chi connectivity index (χ0n) is 16.5. The number of carbonyl (C=O) groups is 1. The summed E-state index contributed by atoms with van der Waals surface area (Å²) in [6, 6.07) is 6.65. The van der Waals surface area contributed by atoms with Crippen LogP contribution in [0.5, 0.6) is 28.7 Å². The normalized spacial score (nSPS) is 21.7. The van der Waals surface area contributed by atoms with Gasteiger partial charge in [-0.3, -0.25) is 4.79 Å². The van der Waals surface area contributed by atoms with E-state index in [1.54, 1.807) is 24.3 Å². The molecule has 0 fully saturated rings. The van der Waals surface area contributed by atoms with Crippen LogP contribution in [0.25, 0.3) is 0 Å². The molecule has 1 heterocycles. The van der Waals surface area contributed by atoms with Gasteiger partial charge in [-0.2, -0.15) is 0 Å². The van der Waals surface area contributed by atoms with Gasteiger partial charge in [-0.25, -0.2) is 0 Å². The van der Waals surface area contributed by atoms with Crippen molar-refractivity contribution in [3.63, 3.8) is 0 Å². The molecule has 9 nitrogen and oxygen atoms in total. The van der Waals surface area contributed by atoms with Crippen molar-refractivity contribution in [3.05, 3.63) is 41.0 Å². The molecule has 0 amide bonds. The summed E-state index contributed by atoms with van der Waals surface area (Å²) in [5.74, 6) is -0.849. The monoisotopic (exact) mass is 418 g/mol. The van der Waals surface area contributed by atoms with E-state index in [1.807, 2.05) is 0 Å². The first-order valence-electron chi connectivity index (χ1n) is 9.32. The minimum absolute atomic E-state index is 0.0653. The molecule has 1 aliphatic carbocycles. The maximum absolute atomic E-state index is 12.7. The zero-order valence-corrected chi connectivity index (χ0v) is 16.5. The first-order valence-corrected chi connectivity index (χ1v) is 9.32. The molecule has 9 heteroatoms. The number of aromatic hydroxyl groups is 1. The molecule has 0 aromatic heterocycles. The van der Waals surface area contributed by atoms with Gasteiger partial charge < -0.3 is 39.0 Å². The highest BCUT2D eigenvalue weighted by Crippen LogP contribution is 2.51. The lowest BCUT2D eigenvalue weighted by molar-refractivity contribution is -0.159. The van der Waals surface area contributed by atoms with E-state index in [9.17, 15) is 15.0 Å². The highest BCUT2D eigenvalue weighted by atomic mass is 16.7. The van der Waals surface area contributed by atoms with Crippen molar-refractivity contribution in [2.45, 2.75) is 18.4 Å². The number of hydrogen-bond donors (Lipinski definition) is 3. The Hall–Kier alpha value is -3.17. The topological polar surface area (TPSA) is 124 Å². The quantitative estimate of drug-likeness (QED) is 0.493. The van der Waals surface area contributed by atoms with E-state index in [1.165, 1.54) is 14.2 Å². The molecule has 0 spiro atoms. The van der Waals surface area contributed by atoms with E-state index in [0.717, 1.165) is 0 Å². The Bertz CT molecular complexity index is 946. The van der Waals surface area contributed by atoms with Gasteiger partial charge in [0, 0.05) is 5.92 Å². The predicted molar refractivity (Wildman–Crippen MR) is 102 cm³/mol. The van der Waals surface area contributed by atoms with Crippen LogP contribution in [0.1, 0.15) is 35.1 Å². The minimum Gasteiger partial charge on any atom is -0.502 e. The second-order valence-electron chi connectivity index (χ2n) is 7.04. The standard InChI is InChI=1S/C21H22O9/c1-26-17-3-10(4-18(27-2)20(17)24)19-12-7-16-15(29-9-30-16)6-11(12)14(23)5-13(19)21(25)28-8-22/h3-4,6-7,13-14,19,22-24H,5,8-9H2,1-2H3/t13-,14+,19+/m0/s1. The van der Waals surface area contributed by atoms with Crippen molar-refractivity contribution in [1.82, 2.24) is 0 Å². The summed E-state index contributed by atoms with van der Waals surface area (Å²) < 4.78 is 26.3. The summed E-state index contributed by atoms with van der Waals surface area (Å²) in [6.45, 7) is -0.704. The molecular weight excluding hydrogens is 396 g/mol. The summed E-state index contributed by atoms with van der Waals surface area (Å²) in [4.78, 5) is 12.7. The Morgan fingerprint density at radius 3 is 2.23 bits per heavy atom. The Kier molecular flexibility index (Phi) is 5.31. The maximum atomic E-state index is 12.7. The Balaban J connectivity index is 1.92. The number of aliphatic hydroxyl groups excluding tert-OH is 2. The third-order valence-corrected chi connectivity index (χ3v) is 5.52. The van der Waals surface area contributed by atoms with Crippen LogP contribution in [0.15, 0.2) is 24.3 Å². The van der Waals surface area contributed by atoms with Crippen molar-refractivity contribution in [2.75, 3.05) is 27.8 Å². The van der Waals surface area contributed by atoms with Crippen LogP contribution in [0, 0.1) is 5.92 Å². The number of carbonyl (C=O) groups excluding carboxylic acids is 1. The third kappa shape index (κ3) is 3.25. The van der Waals surface area contributed by atoms with Gasteiger partial charge in [-0.05, 0) is 47.4 Å². The van der Waals surface area contributed by atoms with Crippen LogP contribution in [0.3, 0.4) is 0 Å². The van der Waals surface area contributed by atoms with Gasteiger partial charge in [0.2, 0.25) is 12.5 Å². The first-order chi connectivity index (χ1) is 14.5. The van der Waals surface area contributed by atoms with Gasteiger partial charge in [0.25, 0.3) is 0 Å². The van der Waals surface area contributed by atoms with Crippen molar-refractivity contribution in [2.24, 2.45) is 5.92 Å². The number of rotatable bonds is 5. The largest absolute Gasteiger partial charge is 0.502 e. The number of aliphatic hydroxyl groups is 2. The number of fused-ring (bicyclic) bond motifs is 2. The van der Waals surface area contributed by atoms with Crippen molar-refractivity contribution in [3.8, 4) is 28.7 Å². The molecule has 0 unspecified atom stereocenters. The summed E-state index contributed by atoms with van der Waals surface area (Å²) in [7, 11) is 2.82. The van der Waals surface area contributed by atoms with E-state index in [0.29, 0.717) is 28.2 Å². The number of phenols is 1. The van der Waals surface area contributed by atoms with Crippen LogP contribution in [-0.2, 0) is 9.53 Å². The third-order valence-electron chi connectivity index (χ3n) is 5.52. The summed E-state index contributed by atoms with van der Waals surface area (Å²) >= 11 is 0. The molecule has 1 aliphatic heterocycles. The number of esters is 1. The van der Waals surface area contributed by atoms with Gasteiger partial charge in [0.15, 0.2) is 29.8 Å². The van der Waals surface area contributed by atoms with Crippen LogP contribution in [-0.4, -0.2) is 49.1 Å². The lowest BCUT2D eigenvalue weighted by atomic mass is 9.70. The van der Waals surface area contributed by atoms with Crippen molar-refractivity contribution in [1.29, 1.82) is 0 Å². The number of phenolic OH excluding ortho intramolecular Hbond substituents is 1. The number of methoxy groups -OCH3 is 2. The molecular formula is C21H22O9. The van der Waals surface area contributed by atoms with Crippen molar-refractivity contribution < 1.29 is 43.8 Å². The number of hydrogen-bond acceptors (Lipinski definition) is 9. The van der Waals surface area contributed by atoms with E-state index < -0.39 is 30.7 Å². The molecule has 0 radical (unpaired) electrons. The summed E-state index contributed by atoms with van der Waals surface area (Å²) in [5.41, 5.74) is 1.85. The highest BCUT2D eigenvalue weighted by molar-refractivity contribution is 5.76. The Morgan fingerprint density at radius 1 is 1.07 bits per heavy atom.